The molecule has 0 saturated carbocycles. The molecule has 0 radical (unpaired) electrons. The van der Waals surface area contributed by atoms with E-state index in [2.05, 4.69) is 5.32 Å². The SMILES string of the molecule is CCCOCCCNc1ccc([N+](=O)[O-])cc1[N+](=O)[O-]. The van der Waals surface area contributed by atoms with Gasteiger partial charge in [-0.25, -0.2) is 0 Å². The average molecular weight is 283 g/mol. The number of nitrogens with one attached hydrogen (secondary N) is 1. The van der Waals surface area contributed by atoms with E-state index in [9.17, 15) is 20.2 Å². The molecule has 0 aliphatic heterocycles. The van der Waals surface area contributed by atoms with Crippen molar-refractivity contribution < 1.29 is 14.6 Å². The molecule has 0 aliphatic carbocycles. The van der Waals surface area contributed by atoms with E-state index in [1.807, 2.05) is 6.92 Å². The summed E-state index contributed by atoms with van der Waals surface area (Å²) >= 11 is 0. The minimum Gasteiger partial charge on any atom is -0.381 e. The van der Waals surface area contributed by atoms with Gasteiger partial charge in [-0.1, -0.05) is 6.92 Å². The molecule has 0 amide bonds. The smallest absolute Gasteiger partial charge is 0.299 e. The number of ether oxygens (including phenoxy) is 1. The highest BCUT2D eigenvalue weighted by Crippen LogP contribution is 2.28. The molecule has 0 aromatic heterocycles. The summed E-state index contributed by atoms with van der Waals surface area (Å²) in [6.45, 7) is 3.78. The first-order valence-corrected chi connectivity index (χ1v) is 6.30. The largest absolute Gasteiger partial charge is 0.381 e. The lowest BCUT2D eigenvalue weighted by Crippen LogP contribution is -2.08. The molecule has 0 saturated heterocycles. The summed E-state index contributed by atoms with van der Waals surface area (Å²) in [5.74, 6) is 0. The van der Waals surface area contributed by atoms with Crippen molar-refractivity contribution in [1.82, 2.24) is 0 Å². The Bertz CT molecular complexity index is 478. The lowest BCUT2D eigenvalue weighted by atomic mass is 10.2. The van der Waals surface area contributed by atoms with Crippen LogP contribution in [-0.2, 0) is 4.74 Å². The topological polar surface area (TPSA) is 108 Å². The summed E-state index contributed by atoms with van der Waals surface area (Å²) in [5.41, 5.74) is -0.321. The number of benzene rings is 1. The van der Waals surface area contributed by atoms with Crippen molar-refractivity contribution in [1.29, 1.82) is 0 Å². The Labute approximate surface area is 116 Å². The van der Waals surface area contributed by atoms with E-state index in [-0.39, 0.29) is 17.1 Å². The van der Waals surface area contributed by atoms with Crippen LogP contribution in [0.1, 0.15) is 19.8 Å². The molecule has 0 heterocycles. The third-order valence-corrected chi connectivity index (χ3v) is 2.52. The van der Waals surface area contributed by atoms with Crippen LogP contribution in [0.15, 0.2) is 18.2 Å². The van der Waals surface area contributed by atoms with E-state index in [1.165, 1.54) is 12.1 Å². The highest BCUT2D eigenvalue weighted by Gasteiger charge is 2.18. The molecule has 0 fully saturated rings. The van der Waals surface area contributed by atoms with Gasteiger partial charge in [0.05, 0.1) is 15.9 Å². The summed E-state index contributed by atoms with van der Waals surface area (Å²) in [7, 11) is 0. The van der Waals surface area contributed by atoms with Gasteiger partial charge in [0.1, 0.15) is 5.69 Å². The third-order valence-electron chi connectivity index (χ3n) is 2.52. The minimum absolute atomic E-state index is 0.274. The second kappa shape index (κ2) is 8.05. The highest BCUT2D eigenvalue weighted by molar-refractivity contribution is 5.65. The van der Waals surface area contributed by atoms with Crippen molar-refractivity contribution in [3.05, 3.63) is 38.4 Å². The summed E-state index contributed by atoms with van der Waals surface area (Å²) in [6, 6.07) is 3.54. The van der Waals surface area contributed by atoms with Gasteiger partial charge in [-0.2, -0.15) is 0 Å². The average Bonchev–Trinajstić information content (AvgIpc) is 2.42. The van der Waals surface area contributed by atoms with E-state index in [0.717, 1.165) is 12.5 Å². The van der Waals surface area contributed by atoms with Crippen molar-refractivity contribution in [2.75, 3.05) is 25.1 Å². The van der Waals surface area contributed by atoms with Gasteiger partial charge >= 0.3 is 0 Å². The number of anilines is 1. The van der Waals surface area contributed by atoms with Crippen molar-refractivity contribution in [3.63, 3.8) is 0 Å². The third kappa shape index (κ3) is 4.81. The fourth-order valence-corrected chi connectivity index (χ4v) is 1.58. The second-order valence-corrected chi connectivity index (χ2v) is 4.11. The fraction of sp³-hybridized carbons (Fsp3) is 0.500. The maximum Gasteiger partial charge on any atom is 0.299 e. The van der Waals surface area contributed by atoms with Gasteiger partial charge in [-0.05, 0) is 18.9 Å². The standard InChI is InChI=1S/C12H17N3O5/c1-2-7-20-8-3-6-13-11-5-4-10(14(16)17)9-12(11)15(18)19/h4-5,9,13H,2-3,6-8H2,1H3. The fourth-order valence-electron chi connectivity index (χ4n) is 1.58. The zero-order chi connectivity index (χ0) is 15.0. The van der Waals surface area contributed by atoms with E-state index in [1.54, 1.807) is 0 Å². The van der Waals surface area contributed by atoms with Crippen molar-refractivity contribution >= 4 is 17.1 Å². The number of rotatable bonds is 9. The van der Waals surface area contributed by atoms with Gasteiger partial charge in [-0.15, -0.1) is 0 Å². The summed E-state index contributed by atoms with van der Waals surface area (Å²) in [5, 5.41) is 24.4. The van der Waals surface area contributed by atoms with Gasteiger partial charge in [0, 0.05) is 25.8 Å². The first kappa shape index (κ1) is 15.8. The van der Waals surface area contributed by atoms with Crippen LogP contribution in [0.2, 0.25) is 0 Å². The molecule has 1 rings (SSSR count). The lowest BCUT2D eigenvalue weighted by molar-refractivity contribution is -0.393. The Morgan fingerprint density at radius 2 is 1.95 bits per heavy atom. The van der Waals surface area contributed by atoms with Gasteiger partial charge < -0.3 is 10.1 Å². The second-order valence-electron chi connectivity index (χ2n) is 4.11. The molecule has 0 bridgehead atoms. The Hall–Kier alpha value is -2.22. The predicted octanol–water partition coefficient (Wildman–Crippen LogP) is 2.73. The molecule has 0 aliphatic rings. The maximum atomic E-state index is 10.9. The molecule has 8 heteroatoms. The molecule has 1 N–H and O–H groups in total. The monoisotopic (exact) mass is 283 g/mol. The van der Waals surface area contributed by atoms with Crippen molar-refractivity contribution in [2.45, 2.75) is 19.8 Å². The lowest BCUT2D eigenvalue weighted by Gasteiger charge is -2.07. The van der Waals surface area contributed by atoms with E-state index in [0.29, 0.717) is 26.2 Å². The normalized spacial score (nSPS) is 10.2. The first-order valence-electron chi connectivity index (χ1n) is 6.30. The molecule has 0 atom stereocenters. The number of non-ortho nitro benzene ring substituents is 1. The van der Waals surface area contributed by atoms with Crippen LogP contribution in [0.3, 0.4) is 0 Å². The van der Waals surface area contributed by atoms with E-state index >= 15 is 0 Å². The summed E-state index contributed by atoms with van der Waals surface area (Å²) in [6.07, 6.45) is 1.65. The van der Waals surface area contributed by atoms with Crippen LogP contribution in [0.5, 0.6) is 0 Å². The number of nitro groups is 2. The number of hydrogen-bond donors (Lipinski definition) is 1. The van der Waals surface area contributed by atoms with Gasteiger partial charge in [0.15, 0.2) is 0 Å². The molecule has 0 spiro atoms. The zero-order valence-corrected chi connectivity index (χ0v) is 11.2. The number of hydrogen-bond acceptors (Lipinski definition) is 6. The van der Waals surface area contributed by atoms with Crippen LogP contribution in [-0.4, -0.2) is 29.6 Å². The first-order chi connectivity index (χ1) is 9.56. The number of nitro benzene ring substituents is 2. The molecule has 110 valence electrons. The maximum absolute atomic E-state index is 10.9. The minimum atomic E-state index is -0.657. The van der Waals surface area contributed by atoms with Crippen LogP contribution < -0.4 is 5.32 Å². The van der Waals surface area contributed by atoms with E-state index < -0.39 is 9.85 Å². The predicted molar refractivity (Wildman–Crippen MR) is 74.0 cm³/mol. The Morgan fingerprint density at radius 3 is 2.55 bits per heavy atom. The molecule has 0 unspecified atom stereocenters. The number of nitrogens with zero attached hydrogens (tertiary/aromatic N) is 2. The Kier molecular flexibility index (Phi) is 6.38. The van der Waals surface area contributed by atoms with Crippen LogP contribution in [0, 0.1) is 20.2 Å². The molecule has 1 aromatic carbocycles. The zero-order valence-electron chi connectivity index (χ0n) is 11.2. The quantitative estimate of drug-likeness (QED) is 0.424. The van der Waals surface area contributed by atoms with Gasteiger partial charge in [-0.3, -0.25) is 20.2 Å². The Morgan fingerprint density at radius 1 is 1.20 bits per heavy atom. The Balaban J connectivity index is 2.60. The van der Waals surface area contributed by atoms with Gasteiger partial charge in [0.2, 0.25) is 0 Å². The molecule has 1 aromatic rings. The van der Waals surface area contributed by atoms with Crippen molar-refractivity contribution in [2.24, 2.45) is 0 Å². The van der Waals surface area contributed by atoms with Crippen LogP contribution >= 0.6 is 0 Å². The van der Waals surface area contributed by atoms with Crippen LogP contribution in [0.25, 0.3) is 0 Å². The summed E-state index contributed by atoms with van der Waals surface area (Å²) < 4.78 is 5.29. The van der Waals surface area contributed by atoms with E-state index in [4.69, 9.17) is 4.74 Å². The van der Waals surface area contributed by atoms with Gasteiger partial charge in [0.25, 0.3) is 11.4 Å². The molecule has 8 nitrogen and oxygen atoms in total. The summed E-state index contributed by atoms with van der Waals surface area (Å²) in [4.78, 5) is 20.2. The van der Waals surface area contributed by atoms with Crippen LogP contribution in [0.4, 0.5) is 17.1 Å². The molecular weight excluding hydrogens is 266 g/mol. The molecular formula is C12H17N3O5. The van der Waals surface area contributed by atoms with Crippen molar-refractivity contribution in [3.8, 4) is 0 Å². The molecule has 20 heavy (non-hydrogen) atoms. The highest BCUT2D eigenvalue weighted by atomic mass is 16.6.